The van der Waals surface area contributed by atoms with E-state index < -0.39 is 0 Å². The molecular weight excluding hydrogens is 444 g/mol. The summed E-state index contributed by atoms with van der Waals surface area (Å²) in [5.41, 5.74) is 9.78. The molecule has 0 bridgehead atoms. The third-order valence-corrected chi connectivity index (χ3v) is 6.63. The molecule has 0 amide bonds. The Morgan fingerprint density at radius 1 is 1.14 bits per heavy atom. The number of nitrogens with one attached hydrogen (secondary N) is 1. The predicted octanol–water partition coefficient (Wildman–Crippen LogP) is 2.18. The number of hydrogen-bond acceptors (Lipinski definition) is 9. The molecule has 2 aromatic heterocycles. The Balaban J connectivity index is 1.62. The Labute approximate surface area is 207 Å². The highest BCUT2D eigenvalue weighted by atomic mass is 16.5. The summed E-state index contributed by atoms with van der Waals surface area (Å²) in [5, 5.41) is 17.6. The standard InChI is InChI=1S/C25H38N8O2/c1-4-5-20(8-13-34)28-24-23-21(29-25(26)30-24)15-27-33(23)17-19-14-18(6-7-22(19)35-3)16-32-11-9-31(2)10-12-32/h6-7,14-15,20,34H,4-5,8-13,16-17H2,1-3H3,(H3,26,28,29,30)/t20-/m0/s1. The van der Waals surface area contributed by atoms with E-state index in [4.69, 9.17) is 10.5 Å². The van der Waals surface area contributed by atoms with Gasteiger partial charge in [-0.25, -0.2) is 4.98 Å². The number of nitrogens with two attached hydrogens (primary N) is 1. The van der Waals surface area contributed by atoms with Gasteiger partial charge in [0.15, 0.2) is 5.82 Å². The molecular formula is C25H38N8O2. The van der Waals surface area contributed by atoms with E-state index in [1.165, 1.54) is 5.56 Å². The maximum Gasteiger partial charge on any atom is 0.222 e. The normalized spacial score (nSPS) is 16.0. The SMILES string of the molecule is CCC[C@@H](CCO)Nc1nc(N)nc2cnn(Cc3cc(CN4CCN(C)CC4)ccc3OC)c12. The summed E-state index contributed by atoms with van der Waals surface area (Å²) in [7, 11) is 3.87. The van der Waals surface area contributed by atoms with Crippen LogP contribution in [0.2, 0.25) is 0 Å². The highest BCUT2D eigenvalue weighted by molar-refractivity contribution is 5.86. The number of ether oxygens (including phenoxy) is 1. The van der Waals surface area contributed by atoms with Crippen LogP contribution >= 0.6 is 0 Å². The van der Waals surface area contributed by atoms with Crippen LogP contribution < -0.4 is 15.8 Å². The van der Waals surface area contributed by atoms with Crippen LogP contribution in [0, 0.1) is 0 Å². The van der Waals surface area contributed by atoms with Crippen molar-refractivity contribution in [2.75, 3.05) is 58.0 Å². The van der Waals surface area contributed by atoms with Crippen LogP contribution in [0.5, 0.6) is 5.75 Å². The molecule has 10 heteroatoms. The van der Waals surface area contributed by atoms with Gasteiger partial charge in [-0.05, 0) is 37.6 Å². The van der Waals surface area contributed by atoms with E-state index >= 15 is 0 Å². The highest BCUT2D eigenvalue weighted by Crippen LogP contribution is 2.27. The fraction of sp³-hybridized carbons (Fsp3) is 0.560. The second-order valence-electron chi connectivity index (χ2n) is 9.33. The molecule has 0 spiro atoms. The number of aromatic nitrogens is 4. The number of nitrogens with zero attached hydrogens (tertiary/aromatic N) is 6. The molecule has 1 aromatic carbocycles. The van der Waals surface area contributed by atoms with Crippen molar-refractivity contribution >= 4 is 22.8 Å². The summed E-state index contributed by atoms with van der Waals surface area (Å²) in [6.07, 6.45) is 4.27. The maximum atomic E-state index is 9.50. The Morgan fingerprint density at radius 3 is 2.66 bits per heavy atom. The molecule has 1 aliphatic heterocycles. The first-order chi connectivity index (χ1) is 17.0. The average molecular weight is 483 g/mol. The van der Waals surface area contributed by atoms with Crippen LogP contribution in [-0.2, 0) is 13.1 Å². The molecule has 1 aliphatic rings. The van der Waals surface area contributed by atoms with Gasteiger partial charge >= 0.3 is 0 Å². The fourth-order valence-electron chi connectivity index (χ4n) is 4.70. The van der Waals surface area contributed by atoms with Crippen LogP contribution in [-0.4, -0.2) is 87.6 Å². The van der Waals surface area contributed by atoms with Gasteiger partial charge in [-0.3, -0.25) is 9.58 Å². The second-order valence-corrected chi connectivity index (χ2v) is 9.33. The molecule has 4 rings (SSSR count). The molecule has 0 unspecified atom stereocenters. The van der Waals surface area contributed by atoms with E-state index in [0.717, 1.165) is 62.4 Å². The Hall–Kier alpha value is -2.95. The summed E-state index contributed by atoms with van der Waals surface area (Å²) in [4.78, 5) is 13.7. The van der Waals surface area contributed by atoms with E-state index in [1.807, 2.05) is 10.7 Å². The van der Waals surface area contributed by atoms with Gasteiger partial charge in [-0.1, -0.05) is 19.4 Å². The first-order valence-electron chi connectivity index (χ1n) is 12.4. The van der Waals surface area contributed by atoms with Crippen molar-refractivity contribution in [3.05, 3.63) is 35.5 Å². The summed E-state index contributed by atoms with van der Waals surface area (Å²) >= 11 is 0. The van der Waals surface area contributed by atoms with Crippen molar-refractivity contribution < 1.29 is 9.84 Å². The number of anilines is 2. The number of aliphatic hydroxyl groups excluding tert-OH is 1. The molecule has 1 fully saturated rings. The zero-order valence-electron chi connectivity index (χ0n) is 21.1. The Bertz CT molecular complexity index is 1100. The molecule has 1 atom stereocenters. The molecule has 0 aliphatic carbocycles. The van der Waals surface area contributed by atoms with Crippen molar-refractivity contribution in [1.29, 1.82) is 0 Å². The van der Waals surface area contributed by atoms with Gasteiger partial charge in [-0.2, -0.15) is 10.1 Å². The van der Waals surface area contributed by atoms with Crippen molar-refractivity contribution in [3.63, 3.8) is 0 Å². The molecule has 3 aromatic rings. The number of hydrogen-bond donors (Lipinski definition) is 3. The Kier molecular flexibility index (Phi) is 8.37. The van der Waals surface area contributed by atoms with E-state index in [-0.39, 0.29) is 18.6 Å². The lowest BCUT2D eigenvalue weighted by atomic mass is 10.1. The monoisotopic (exact) mass is 482 g/mol. The van der Waals surface area contributed by atoms with Crippen LogP contribution in [0.25, 0.3) is 11.0 Å². The van der Waals surface area contributed by atoms with Crippen molar-refractivity contribution in [1.82, 2.24) is 29.5 Å². The molecule has 1 saturated heterocycles. The number of rotatable bonds is 11. The van der Waals surface area contributed by atoms with E-state index in [1.54, 1.807) is 13.3 Å². The molecule has 35 heavy (non-hydrogen) atoms. The van der Waals surface area contributed by atoms with Gasteiger partial charge < -0.3 is 25.8 Å². The summed E-state index contributed by atoms with van der Waals surface area (Å²) < 4.78 is 7.59. The lowest BCUT2D eigenvalue weighted by molar-refractivity contribution is 0.148. The Morgan fingerprint density at radius 2 is 1.94 bits per heavy atom. The van der Waals surface area contributed by atoms with Crippen LogP contribution in [0.4, 0.5) is 11.8 Å². The van der Waals surface area contributed by atoms with Crippen LogP contribution in [0.1, 0.15) is 37.3 Å². The van der Waals surface area contributed by atoms with Crippen molar-refractivity contribution in [2.45, 2.75) is 45.3 Å². The smallest absolute Gasteiger partial charge is 0.222 e. The number of methoxy groups -OCH3 is 1. The zero-order chi connectivity index (χ0) is 24.8. The van der Waals surface area contributed by atoms with Crippen molar-refractivity contribution in [2.24, 2.45) is 0 Å². The van der Waals surface area contributed by atoms with E-state index in [9.17, 15) is 5.11 Å². The minimum absolute atomic E-state index is 0.0901. The minimum Gasteiger partial charge on any atom is -0.496 e. The van der Waals surface area contributed by atoms with Crippen LogP contribution in [0.3, 0.4) is 0 Å². The van der Waals surface area contributed by atoms with Gasteiger partial charge in [0.1, 0.15) is 16.8 Å². The first kappa shape index (κ1) is 25.2. The number of nitrogen functional groups attached to an aromatic ring is 1. The van der Waals surface area contributed by atoms with Gasteiger partial charge in [-0.15, -0.1) is 0 Å². The number of piperazine rings is 1. The third-order valence-electron chi connectivity index (χ3n) is 6.63. The molecule has 3 heterocycles. The number of benzene rings is 1. The minimum atomic E-state index is 0.0901. The quantitative estimate of drug-likeness (QED) is 0.378. The van der Waals surface area contributed by atoms with E-state index in [0.29, 0.717) is 24.3 Å². The molecule has 0 radical (unpaired) electrons. The topological polar surface area (TPSA) is 118 Å². The van der Waals surface area contributed by atoms with Gasteiger partial charge in [0, 0.05) is 50.9 Å². The predicted molar refractivity (Wildman–Crippen MR) is 139 cm³/mol. The lowest BCUT2D eigenvalue weighted by Gasteiger charge is -2.32. The van der Waals surface area contributed by atoms with Crippen LogP contribution in [0.15, 0.2) is 24.4 Å². The average Bonchev–Trinajstić information content (AvgIpc) is 3.23. The molecule has 0 saturated carbocycles. The lowest BCUT2D eigenvalue weighted by Crippen LogP contribution is -2.43. The number of fused-ring (bicyclic) bond motifs is 1. The summed E-state index contributed by atoms with van der Waals surface area (Å²) in [6, 6.07) is 6.48. The second kappa shape index (κ2) is 11.7. The van der Waals surface area contributed by atoms with E-state index in [2.05, 4.69) is 56.3 Å². The third kappa shape index (κ3) is 6.19. The van der Waals surface area contributed by atoms with Crippen molar-refractivity contribution in [3.8, 4) is 5.75 Å². The zero-order valence-corrected chi connectivity index (χ0v) is 21.1. The van der Waals surface area contributed by atoms with Gasteiger partial charge in [0.05, 0.1) is 19.9 Å². The summed E-state index contributed by atoms with van der Waals surface area (Å²) in [5.74, 6) is 1.67. The molecule has 4 N–H and O–H groups in total. The number of aliphatic hydroxyl groups is 1. The first-order valence-corrected chi connectivity index (χ1v) is 12.4. The maximum absolute atomic E-state index is 9.50. The van der Waals surface area contributed by atoms with Gasteiger partial charge in [0.2, 0.25) is 5.95 Å². The number of likely N-dealkylation sites (N-methyl/N-ethyl adjacent to an activating group) is 1. The molecule has 10 nitrogen and oxygen atoms in total. The largest absolute Gasteiger partial charge is 0.496 e. The summed E-state index contributed by atoms with van der Waals surface area (Å²) in [6.45, 7) is 8.00. The fourth-order valence-corrected chi connectivity index (χ4v) is 4.70. The molecule has 190 valence electrons. The highest BCUT2D eigenvalue weighted by Gasteiger charge is 2.19. The van der Waals surface area contributed by atoms with Gasteiger partial charge in [0.25, 0.3) is 0 Å².